The van der Waals surface area contributed by atoms with Crippen molar-refractivity contribution in [1.29, 1.82) is 0 Å². The topological polar surface area (TPSA) is 69.4 Å². The van der Waals surface area contributed by atoms with Crippen LogP contribution in [-0.2, 0) is 10.0 Å². The molecule has 2 aromatic rings. The van der Waals surface area contributed by atoms with Crippen LogP contribution < -0.4 is 9.88 Å². The molecule has 0 fully saturated rings. The van der Waals surface area contributed by atoms with Crippen LogP contribution in [0.3, 0.4) is 0 Å². The summed E-state index contributed by atoms with van der Waals surface area (Å²) in [5.74, 6) is 0.730. The number of benzene rings is 1. The van der Waals surface area contributed by atoms with Gasteiger partial charge in [-0.05, 0) is 29.8 Å². The molecule has 0 saturated carbocycles. The molecule has 0 saturated heterocycles. The second kappa shape index (κ2) is 4.48. The molecule has 0 unspecified atom stereocenters. The lowest BCUT2D eigenvalue weighted by molar-refractivity contribution is 0.415. The highest BCUT2D eigenvalue weighted by Crippen LogP contribution is 2.31. The van der Waals surface area contributed by atoms with Gasteiger partial charge in [-0.3, -0.25) is 0 Å². The van der Waals surface area contributed by atoms with E-state index in [4.69, 9.17) is 9.88 Å². The molecule has 1 aromatic carbocycles. The van der Waals surface area contributed by atoms with Crippen LogP contribution in [0.2, 0.25) is 0 Å². The van der Waals surface area contributed by atoms with Crippen LogP contribution in [0.1, 0.15) is 0 Å². The highest BCUT2D eigenvalue weighted by molar-refractivity contribution is 7.91. The van der Waals surface area contributed by atoms with Gasteiger partial charge in [0.15, 0.2) is 0 Å². The number of thiophene rings is 1. The minimum absolute atomic E-state index is 0.162. The third-order valence-electron chi connectivity index (χ3n) is 2.22. The van der Waals surface area contributed by atoms with Gasteiger partial charge >= 0.3 is 0 Å². The van der Waals surface area contributed by atoms with Gasteiger partial charge in [-0.2, -0.15) is 0 Å². The monoisotopic (exact) mass is 269 g/mol. The van der Waals surface area contributed by atoms with Gasteiger partial charge in [0.05, 0.1) is 7.11 Å². The second-order valence-electron chi connectivity index (χ2n) is 3.40. The maximum Gasteiger partial charge on any atom is 0.247 e. The zero-order chi connectivity index (χ0) is 12.5. The summed E-state index contributed by atoms with van der Waals surface area (Å²) in [6.45, 7) is 0. The van der Waals surface area contributed by atoms with E-state index in [0.717, 1.165) is 27.5 Å². The SMILES string of the molecule is COc1cccc(-c2ccc(S(N)(=O)=O)s2)c1. The first-order valence-electron chi connectivity index (χ1n) is 4.78. The maximum atomic E-state index is 11.2. The first-order valence-corrected chi connectivity index (χ1v) is 7.14. The van der Waals surface area contributed by atoms with E-state index in [-0.39, 0.29) is 4.21 Å². The van der Waals surface area contributed by atoms with Gasteiger partial charge in [0.2, 0.25) is 10.0 Å². The van der Waals surface area contributed by atoms with Crippen molar-refractivity contribution in [2.45, 2.75) is 4.21 Å². The van der Waals surface area contributed by atoms with Crippen molar-refractivity contribution in [1.82, 2.24) is 0 Å². The summed E-state index contributed by atoms with van der Waals surface area (Å²) in [6.07, 6.45) is 0. The lowest BCUT2D eigenvalue weighted by Crippen LogP contribution is -2.09. The van der Waals surface area contributed by atoms with E-state index in [0.29, 0.717) is 0 Å². The maximum absolute atomic E-state index is 11.2. The lowest BCUT2D eigenvalue weighted by atomic mass is 10.2. The first-order chi connectivity index (χ1) is 8.00. The molecule has 0 radical (unpaired) electrons. The molecule has 0 amide bonds. The molecule has 0 aliphatic carbocycles. The first kappa shape index (κ1) is 12.1. The third kappa shape index (κ3) is 2.66. The van der Waals surface area contributed by atoms with Crippen LogP contribution in [0.15, 0.2) is 40.6 Å². The van der Waals surface area contributed by atoms with Crippen molar-refractivity contribution < 1.29 is 13.2 Å². The number of ether oxygens (including phenoxy) is 1. The quantitative estimate of drug-likeness (QED) is 0.927. The van der Waals surface area contributed by atoms with Crippen LogP contribution in [0.5, 0.6) is 5.75 Å². The van der Waals surface area contributed by atoms with Gasteiger partial charge in [0.25, 0.3) is 0 Å². The molecule has 1 heterocycles. The Labute approximate surface area is 104 Å². The summed E-state index contributed by atoms with van der Waals surface area (Å²) < 4.78 is 27.6. The van der Waals surface area contributed by atoms with E-state index in [1.807, 2.05) is 24.3 Å². The number of sulfonamides is 1. The normalized spacial score (nSPS) is 11.4. The molecular weight excluding hydrogens is 258 g/mol. The Morgan fingerprint density at radius 1 is 1.24 bits per heavy atom. The molecule has 0 aliphatic heterocycles. The number of primary sulfonamides is 1. The third-order valence-corrected chi connectivity index (χ3v) is 4.79. The molecule has 2 N–H and O–H groups in total. The van der Waals surface area contributed by atoms with E-state index in [9.17, 15) is 8.42 Å². The molecule has 4 nitrogen and oxygen atoms in total. The standard InChI is InChI=1S/C11H11NO3S2/c1-15-9-4-2-3-8(7-9)10-5-6-11(16-10)17(12,13)14/h2-7H,1H3,(H2,12,13,14). The van der Waals surface area contributed by atoms with Gasteiger partial charge in [0, 0.05) is 4.88 Å². The van der Waals surface area contributed by atoms with Gasteiger partial charge in [-0.1, -0.05) is 12.1 Å². The summed E-state index contributed by atoms with van der Waals surface area (Å²) in [7, 11) is -2.03. The molecule has 1 aromatic heterocycles. The lowest BCUT2D eigenvalue weighted by Gasteiger charge is -2.01. The van der Waals surface area contributed by atoms with Gasteiger partial charge in [0.1, 0.15) is 9.96 Å². The molecule has 17 heavy (non-hydrogen) atoms. The van der Waals surface area contributed by atoms with Crippen molar-refractivity contribution >= 4 is 21.4 Å². The van der Waals surface area contributed by atoms with Crippen LogP contribution in [-0.4, -0.2) is 15.5 Å². The van der Waals surface area contributed by atoms with Crippen molar-refractivity contribution in [2.75, 3.05) is 7.11 Å². The summed E-state index contributed by atoms with van der Waals surface area (Å²) in [4.78, 5) is 0.841. The number of hydrogen-bond acceptors (Lipinski definition) is 4. The fourth-order valence-electron chi connectivity index (χ4n) is 1.40. The minimum Gasteiger partial charge on any atom is -0.497 e. The minimum atomic E-state index is -3.62. The smallest absolute Gasteiger partial charge is 0.247 e. The van der Waals surface area contributed by atoms with E-state index in [2.05, 4.69) is 0 Å². The Hall–Kier alpha value is -1.37. The Morgan fingerprint density at radius 2 is 2.00 bits per heavy atom. The molecule has 0 bridgehead atoms. The predicted octanol–water partition coefficient (Wildman–Crippen LogP) is 2.07. The van der Waals surface area contributed by atoms with Crippen molar-refractivity contribution in [3.05, 3.63) is 36.4 Å². The predicted molar refractivity (Wildman–Crippen MR) is 67.7 cm³/mol. The average Bonchev–Trinajstić information content (AvgIpc) is 2.78. The highest BCUT2D eigenvalue weighted by Gasteiger charge is 2.12. The number of rotatable bonds is 3. The van der Waals surface area contributed by atoms with Crippen LogP contribution >= 0.6 is 11.3 Å². The Bertz CT molecular complexity index is 632. The van der Waals surface area contributed by atoms with E-state index in [1.54, 1.807) is 13.2 Å². The summed E-state index contributed by atoms with van der Waals surface area (Å²) >= 11 is 1.14. The Morgan fingerprint density at radius 3 is 2.59 bits per heavy atom. The molecule has 0 spiro atoms. The van der Waals surface area contributed by atoms with Crippen molar-refractivity contribution in [3.63, 3.8) is 0 Å². The molecule has 90 valence electrons. The zero-order valence-electron chi connectivity index (χ0n) is 9.08. The van der Waals surface area contributed by atoms with E-state index >= 15 is 0 Å². The average molecular weight is 269 g/mol. The van der Waals surface area contributed by atoms with Crippen LogP contribution in [0.4, 0.5) is 0 Å². The number of nitrogens with two attached hydrogens (primary N) is 1. The van der Waals surface area contributed by atoms with Gasteiger partial charge in [-0.15, -0.1) is 11.3 Å². The van der Waals surface area contributed by atoms with E-state index in [1.165, 1.54) is 6.07 Å². The van der Waals surface area contributed by atoms with Gasteiger partial charge in [-0.25, -0.2) is 13.6 Å². The van der Waals surface area contributed by atoms with Gasteiger partial charge < -0.3 is 4.74 Å². The number of methoxy groups -OCH3 is 1. The fraction of sp³-hybridized carbons (Fsp3) is 0.0909. The fourth-order valence-corrected chi connectivity index (χ4v) is 3.13. The van der Waals surface area contributed by atoms with Crippen molar-refractivity contribution in [3.8, 4) is 16.2 Å². The molecule has 2 rings (SSSR count). The zero-order valence-corrected chi connectivity index (χ0v) is 10.7. The van der Waals surface area contributed by atoms with Crippen LogP contribution in [0, 0.1) is 0 Å². The largest absolute Gasteiger partial charge is 0.497 e. The molecule has 6 heteroatoms. The summed E-state index contributed by atoms with van der Waals surface area (Å²) in [6, 6.07) is 10.7. The highest BCUT2D eigenvalue weighted by atomic mass is 32.2. The summed E-state index contributed by atoms with van der Waals surface area (Å²) in [5.41, 5.74) is 0.907. The molecular formula is C11H11NO3S2. The molecule has 0 atom stereocenters. The van der Waals surface area contributed by atoms with Crippen molar-refractivity contribution in [2.24, 2.45) is 5.14 Å². The Kier molecular flexibility index (Phi) is 3.19. The second-order valence-corrected chi connectivity index (χ2v) is 6.27. The van der Waals surface area contributed by atoms with E-state index < -0.39 is 10.0 Å². The Balaban J connectivity index is 2.43. The summed E-state index contributed by atoms with van der Waals surface area (Å²) in [5, 5.41) is 5.06. The van der Waals surface area contributed by atoms with Crippen LogP contribution in [0.25, 0.3) is 10.4 Å². The number of hydrogen-bond donors (Lipinski definition) is 1. The molecule has 0 aliphatic rings.